The number of methoxy groups -OCH3 is 2. The number of carbonyl (C=O) groups is 3. The van der Waals surface area contributed by atoms with Gasteiger partial charge in [0.2, 0.25) is 5.91 Å². The summed E-state index contributed by atoms with van der Waals surface area (Å²) in [6.45, 7) is 0.713. The molecular weight excluding hydrogens is 282 g/mol. The minimum atomic E-state index is -1.01. The first-order valence-corrected chi connectivity index (χ1v) is 6.39. The van der Waals surface area contributed by atoms with Gasteiger partial charge in [0.05, 0.1) is 19.1 Å². The summed E-state index contributed by atoms with van der Waals surface area (Å²) in [7, 11) is 4.35. The van der Waals surface area contributed by atoms with E-state index in [0.29, 0.717) is 13.2 Å². The molecule has 0 saturated carbocycles. The number of amides is 3. The van der Waals surface area contributed by atoms with Gasteiger partial charge >= 0.3 is 12.0 Å². The second-order valence-corrected chi connectivity index (χ2v) is 4.34. The Balaban J connectivity index is 4.03. The Morgan fingerprint density at radius 1 is 1.24 bits per heavy atom. The zero-order valence-corrected chi connectivity index (χ0v) is 12.5. The van der Waals surface area contributed by atoms with Crippen LogP contribution < -0.4 is 10.6 Å². The number of carboxylic acid groups (broad SMARTS) is 1. The first-order chi connectivity index (χ1) is 9.90. The van der Waals surface area contributed by atoms with Crippen LogP contribution in [0.1, 0.15) is 6.42 Å². The zero-order chi connectivity index (χ0) is 16.3. The van der Waals surface area contributed by atoms with Crippen molar-refractivity contribution in [2.24, 2.45) is 0 Å². The van der Waals surface area contributed by atoms with Crippen LogP contribution in [0, 0.1) is 0 Å². The molecule has 3 amide bonds. The second-order valence-electron chi connectivity index (χ2n) is 4.34. The third-order valence-electron chi connectivity index (χ3n) is 2.57. The molecule has 0 aromatic carbocycles. The highest BCUT2D eigenvalue weighted by molar-refractivity contribution is 5.83. The third-order valence-corrected chi connectivity index (χ3v) is 2.57. The van der Waals surface area contributed by atoms with Crippen molar-refractivity contribution in [3.05, 3.63) is 0 Å². The molecule has 1 unspecified atom stereocenters. The van der Waals surface area contributed by atoms with Gasteiger partial charge < -0.3 is 30.1 Å². The molecule has 0 radical (unpaired) electrons. The van der Waals surface area contributed by atoms with Crippen LogP contribution in [0.25, 0.3) is 0 Å². The number of rotatable bonds is 10. The molecule has 0 bridgehead atoms. The minimum Gasteiger partial charge on any atom is -0.481 e. The van der Waals surface area contributed by atoms with Gasteiger partial charge in [-0.25, -0.2) is 4.79 Å². The fourth-order valence-corrected chi connectivity index (χ4v) is 1.41. The lowest BCUT2D eigenvalue weighted by Crippen LogP contribution is -2.46. The first kappa shape index (κ1) is 19.1. The highest BCUT2D eigenvalue weighted by atomic mass is 16.5. The lowest BCUT2D eigenvalue weighted by atomic mass is 10.2. The van der Waals surface area contributed by atoms with Gasteiger partial charge in [0.15, 0.2) is 0 Å². The van der Waals surface area contributed by atoms with Crippen molar-refractivity contribution in [3.8, 4) is 0 Å². The highest BCUT2D eigenvalue weighted by Crippen LogP contribution is 1.96. The number of ether oxygens (including phenoxy) is 2. The topological polar surface area (TPSA) is 117 Å². The first-order valence-electron chi connectivity index (χ1n) is 6.39. The molecule has 0 saturated heterocycles. The Morgan fingerprint density at radius 3 is 2.43 bits per heavy atom. The van der Waals surface area contributed by atoms with Crippen LogP contribution in [0.3, 0.4) is 0 Å². The average Bonchev–Trinajstić information content (AvgIpc) is 2.42. The maximum absolute atomic E-state index is 11.7. The Hall–Kier alpha value is -1.87. The molecule has 122 valence electrons. The van der Waals surface area contributed by atoms with Crippen LogP contribution >= 0.6 is 0 Å². The molecule has 0 aliphatic rings. The van der Waals surface area contributed by atoms with E-state index in [0.717, 1.165) is 0 Å². The number of carboxylic acids is 1. The SMILES string of the molecule is COCCNC(=O)CN(C)C(=O)NCC(CC(=O)O)OC. The van der Waals surface area contributed by atoms with Crippen molar-refractivity contribution in [3.63, 3.8) is 0 Å². The predicted molar refractivity (Wildman–Crippen MR) is 74.0 cm³/mol. The monoisotopic (exact) mass is 305 g/mol. The summed E-state index contributed by atoms with van der Waals surface area (Å²) >= 11 is 0. The molecule has 0 aliphatic carbocycles. The molecular formula is C12H23N3O6. The van der Waals surface area contributed by atoms with Crippen LogP contribution in [0.4, 0.5) is 4.79 Å². The van der Waals surface area contributed by atoms with E-state index >= 15 is 0 Å². The second kappa shape index (κ2) is 10.9. The number of carbonyl (C=O) groups excluding carboxylic acids is 2. The Kier molecular flexibility index (Phi) is 9.90. The molecule has 9 heteroatoms. The molecule has 0 spiro atoms. The molecule has 3 N–H and O–H groups in total. The highest BCUT2D eigenvalue weighted by Gasteiger charge is 2.16. The standard InChI is InChI=1S/C12H23N3O6/c1-15(8-10(16)13-4-5-20-2)12(19)14-7-9(21-3)6-11(17)18/h9H,4-8H2,1-3H3,(H,13,16)(H,14,19)(H,17,18). The predicted octanol–water partition coefficient (Wildman–Crippen LogP) is -1.12. The average molecular weight is 305 g/mol. The Labute approximate surface area is 123 Å². The maximum Gasteiger partial charge on any atom is 0.317 e. The van der Waals surface area contributed by atoms with E-state index in [1.54, 1.807) is 0 Å². The van der Waals surface area contributed by atoms with Crippen molar-refractivity contribution >= 4 is 17.9 Å². The molecule has 21 heavy (non-hydrogen) atoms. The van der Waals surface area contributed by atoms with Crippen LogP contribution in [-0.2, 0) is 19.1 Å². The summed E-state index contributed by atoms with van der Waals surface area (Å²) in [6, 6.07) is -0.482. The summed E-state index contributed by atoms with van der Waals surface area (Å²) in [5.74, 6) is -1.32. The number of likely N-dealkylation sites (N-methyl/N-ethyl adjacent to an activating group) is 1. The fourth-order valence-electron chi connectivity index (χ4n) is 1.41. The van der Waals surface area contributed by atoms with E-state index < -0.39 is 18.1 Å². The van der Waals surface area contributed by atoms with Crippen LogP contribution in [-0.4, -0.2) is 81.5 Å². The van der Waals surface area contributed by atoms with E-state index in [1.807, 2.05) is 0 Å². The van der Waals surface area contributed by atoms with Gasteiger partial charge in [-0.05, 0) is 0 Å². The van der Waals surface area contributed by atoms with Crippen LogP contribution in [0.5, 0.6) is 0 Å². The van der Waals surface area contributed by atoms with E-state index in [9.17, 15) is 14.4 Å². The van der Waals surface area contributed by atoms with Crippen LogP contribution in [0.2, 0.25) is 0 Å². The molecule has 9 nitrogen and oxygen atoms in total. The Bertz CT molecular complexity index is 350. The lowest BCUT2D eigenvalue weighted by Gasteiger charge is -2.20. The van der Waals surface area contributed by atoms with Crippen LogP contribution in [0.15, 0.2) is 0 Å². The molecule has 0 heterocycles. The van der Waals surface area contributed by atoms with E-state index in [-0.39, 0.29) is 25.4 Å². The van der Waals surface area contributed by atoms with Gasteiger partial charge in [0.25, 0.3) is 0 Å². The summed E-state index contributed by atoms with van der Waals surface area (Å²) in [6.07, 6.45) is -0.826. The molecule has 1 atom stereocenters. The van der Waals surface area contributed by atoms with E-state index in [1.165, 1.54) is 26.2 Å². The largest absolute Gasteiger partial charge is 0.481 e. The molecule has 0 aromatic heterocycles. The Morgan fingerprint density at radius 2 is 1.90 bits per heavy atom. The number of urea groups is 1. The van der Waals surface area contributed by atoms with Crippen molar-refractivity contribution in [2.45, 2.75) is 12.5 Å². The number of aliphatic carboxylic acids is 1. The van der Waals surface area contributed by atoms with Gasteiger partial charge in [-0.1, -0.05) is 0 Å². The van der Waals surface area contributed by atoms with Crippen molar-refractivity contribution in [1.29, 1.82) is 0 Å². The van der Waals surface area contributed by atoms with Crippen molar-refractivity contribution < 1.29 is 29.0 Å². The van der Waals surface area contributed by atoms with Gasteiger partial charge in [-0.15, -0.1) is 0 Å². The van der Waals surface area contributed by atoms with E-state index in [2.05, 4.69) is 10.6 Å². The summed E-state index contributed by atoms with van der Waals surface area (Å²) in [5, 5.41) is 13.7. The van der Waals surface area contributed by atoms with Crippen molar-refractivity contribution in [2.75, 3.05) is 47.5 Å². The van der Waals surface area contributed by atoms with E-state index in [4.69, 9.17) is 14.6 Å². The number of hydrogen-bond acceptors (Lipinski definition) is 5. The van der Waals surface area contributed by atoms with Gasteiger partial charge in [0, 0.05) is 34.4 Å². The summed E-state index contributed by atoms with van der Waals surface area (Å²) < 4.78 is 9.71. The number of hydrogen-bond donors (Lipinski definition) is 3. The molecule has 0 rings (SSSR count). The maximum atomic E-state index is 11.7. The fraction of sp³-hybridized carbons (Fsp3) is 0.750. The van der Waals surface area contributed by atoms with Gasteiger partial charge in [0.1, 0.15) is 6.54 Å². The summed E-state index contributed by atoms with van der Waals surface area (Å²) in [5.41, 5.74) is 0. The van der Waals surface area contributed by atoms with Crippen molar-refractivity contribution in [1.82, 2.24) is 15.5 Å². The molecule has 0 fully saturated rings. The molecule has 0 aromatic rings. The van der Waals surface area contributed by atoms with Gasteiger partial charge in [-0.3, -0.25) is 9.59 Å². The number of nitrogens with one attached hydrogen (secondary N) is 2. The normalized spacial score (nSPS) is 11.6. The molecule has 0 aliphatic heterocycles. The minimum absolute atomic E-state index is 0.0528. The van der Waals surface area contributed by atoms with Gasteiger partial charge in [-0.2, -0.15) is 0 Å². The quantitative estimate of drug-likeness (QED) is 0.440. The number of nitrogens with zero attached hydrogens (tertiary/aromatic N) is 1. The smallest absolute Gasteiger partial charge is 0.317 e. The third kappa shape index (κ3) is 9.63. The lowest BCUT2D eigenvalue weighted by molar-refractivity contribution is -0.139. The zero-order valence-electron chi connectivity index (χ0n) is 12.5. The summed E-state index contributed by atoms with van der Waals surface area (Å²) in [4.78, 5) is 34.9.